The van der Waals surface area contributed by atoms with E-state index in [9.17, 15) is 4.79 Å². The Morgan fingerprint density at radius 3 is 2.69 bits per heavy atom. The van der Waals surface area contributed by atoms with Crippen molar-refractivity contribution in [2.45, 2.75) is 31.7 Å². The zero-order chi connectivity index (χ0) is 11.4. The Bertz CT molecular complexity index is 316. The van der Waals surface area contributed by atoms with Gasteiger partial charge in [-0.15, -0.1) is 0 Å². The molecule has 4 nitrogen and oxygen atoms in total. The second-order valence-electron chi connectivity index (χ2n) is 4.30. The second kappa shape index (κ2) is 5.16. The van der Waals surface area contributed by atoms with Crippen molar-refractivity contribution < 1.29 is 4.79 Å². The molecule has 1 aliphatic carbocycles. The lowest BCUT2D eigenvalue weighted by Gasteiger charge is -2.34. The summed E-state index contributed by atoms with van der Waals surface area (Å²) in [5.74, 6) is 0. The molecule has 1 aliphatic heterocycles. The van der Waals surface area contributed by atoms with Crippen LogP contribution >= 0.6 is 0 Å². The van der Waals surface area contributed by atoms with Crippen LogP contribution in [0.5, 0.6) is 0 Å². The van der Waals surface area contributed by atoms with E-state index in [0.29, 0.717) is 0 Å². The summed E-state index contributed by atoms with van der Waals surface area (Å²) in [6.45, 7) is 1.93. The summed E-state index contributed by atoms with van der Waals surface area (Å²) in [6, 6.07) is -0.0718. The van der Waals surface area contributed by atoms with Crippen LogP contribution in [0.3, 0.4) is 0 Å². The summed E-state index contributed by atoms with van der Waals surface area (Å²) in [6.07, 6.45) is 10.2. The third-order valence-electron chi connectivity index (χ3n) is 3.16. The first-order chi connectivity index (χ1) is 7.79. The van der Waals surface area contributed by atoms with Crippen molar-refractivity contribution in [2.24, 2.45) is 5.73 Å². The Morgan fingerprint density at radius 1 is 1.38 bits per heavy atom. The molecule has 4 heteroatoms. The molecule has 0 unspecified atom stereocenters. The van der Waals surface area contributed by atoms with Crippen molar-refractivity contribution >= 4 is 6.03 Å². The molecule has 0 aromatic rings. The van der Waals surface area contributed by atoms with Gasteiger partial charge in [-0.25, -0.2) is 4.79 Å². The lowest BCUT2D eigenvalue weighted by Crippen LogP contribution is -2.47. The highest BCUT2D eigenvalue weighted by Gasteiger charge is 2.25. The molecule has 1 saturated heterocycles. The maximum Gasteiger partial charge on any atom is 0.319 e. The van der Waals surface area contributed by atoms with Crippen molar-refractivity contribution in [3.8, 4) is 0 Å². The Balaban J connectivity index is 2.12. The molecule has 0 radical (unpaired) electrons. The average molecular weight is 221 g/mol. The minimum absolute atomic E-state index is 0.257. The van der Waals surface area contributed by atoms with Gasteiger partial charge in [0, 0.05) is 11.7 Å². The van der Waals surface area contributed by atoms with Crippen LogP contribution in [0.25, 0.3) is 0 Å². The summed E-state index contributed by atoms with van der Waals surface area (Å²) in [4.78, 5) is 13.3. The van der Waals surface area contributed by atoms with Gasteiger partial charge in [-0.05, 0) is 44.8 Å². The zero-order valence-corrected chi connectivity index (χ0v) is 9.48. The van der Waals surface area contributed by atoms with E-state index < -0.39 is 0 Å². The van der Waals surface area contributed by atoms with Crippen LogP contribution in [0.4, 0.5) is 4.79 Å². The number of nitrogens with one attached hydrogen (secondary N) is 1. The van der Waals surface area contributed by atoms with Gasteiger partial charge in [0.25, 0.3) is 0 Å². The van der Waals surface area contributed by atoms with Crippen molar-refractivity contribution in [3.63, 3.8) is 0 Å². The molecule has 0 spiro atoms. The molecule has 16 heavy (non-hydrogen) atoms. The van der Waals surface area contributed by atoms with Crippen molar-refractivity contribution in [1.82, 2.24) is 10.2 Å². The summed E-state index contributed by atoms with van der Waals surface area (Å²) >= 11 is 0. The minimum atomic E-state index is -0.329. The average Bonchev–Trinajstić information content (AvgIpc) is 2.31. The second-order valence-corrected chi connectivity index (χ2v) is 4.30. The van der Waals surface area contributed by atoms with Crippen LogP contribution in [0, 0.1) is 0 Å². The number of allylic oxidation sites excluding steroid dienone is 3. The Kier molecular flexibility index (Phi) is 3.62. The van der Waals surface area contributed by atoms with E-state index in [4.69, 9.17) is 5.73 Å². The monoisotopic (exact) mass is 221 g/mol. The van der Waals surface area contributed by atoms with E-state index >= 15 is 0 Å². The van der Waals surface area contributed by atoms with E-state index in [1.54, 1.807) is 4.90 Å². The number of piperidine rings is 1. The zero-order valence-electron chi connectivity index (χ0n) is 9.48. The molecular weight excluding hydrogens is 202 g/mol. The highest BCUT2D eigenvalue weighted by atomic mass is 16.2. The molecule has 88 valence electrons. The lowest BCUT2D eigenvalue weighted by molar-refractivity contribution is 0.191. The summed E-state index contributed by atoms with van der Waals surface area (Å²) in [5, 5.41) is 3.30. The number of amides is 2. The number of carbonyl (C=O) groups excluding carboxylic acids is 1. The SMILES string of the molecule is NC(=O)N(C1=CCCC=C1)C1CCNCC1. The molecule has 0 aromatic carbocycles. The predicted octanol–water partition coefficient (Wildman–Crippen LogP) is 1.35. The smallest absolute Gasteiger partial charge is 0.319 e. The van der Waals surface area contributed by atoms with Crippen LogP contribution in [-0.4, -0.2) is 30.1 Å². The number of primary amides is 1. The number of urea groups is 1. The maximum atomic E-state index is 11.6. The molecule has 0 aromatic heterocycles. The van der Waals surface area contributed by atoms with E-state index in [1.807, 2.05) is 6.08 Å². The molecule has 3 N–H and O–H groups in total. The first-order valence-electron chi connectivity index (χ1n) is 5.95. The lowest BCUT2D eigenvalue weighted by atomic mass is 10.0. The number of rotatable bonds is 2. The number of hydrogen-bond donors (Lipinski definition) is 2. The number of hydrogen-bond acceptors (Lipinski definition) is 2. The van der Waals surface area contributed by atoms with Gasteiger partial charge in [-0.3, -0.25) is 4.90 Å². The number of nitrogens with zero attached hydrogens (tertiary/aromatic N) is 1. The first-order valence-corrected chi connectivity index (χ1v) is 5.95. The molecule has 2 rings (SSSR count). The van der Waals surface area contributed by atoms with Gasteiger partial charge in [0.05, 0.1) is 0 Å². The van der Waals surface area contributed by atoms with Gasteiger partial charge in [-0.1, -0.05) is 12.2 Å². The van der Waals surface area contributed by atoms with Crippen LogP contribution in [0.1, 0.15) is 25.7 Å². The van der Waals surface area contributed by atoms with E-state index in [-0.39, 0.29) is 12.1 Å². The summed E-state index contributed by atoms with van der Waals surface area (Å²) in [5.41, 5.74) is 6.47. The first kappa shape index (κ1) is 11.2. The third kappa shape index (κ3) is 2.44. The third-order valence-corrected chi connectivity index (χ3v) is 3.16. The largest absolute Gasteiger partial charge is 0.351 e. The van der Waals surface area contributed by atoms with Crippen molar-refractivity contribution in [3.05, 3.63) is 23.9 Å². The van der Waals surface area contributed by atoms with Crippen molar-refractivity contribution in [2.75, 3.05) is 13.1 Å². The molecule has 1 heterocycles. The van der Waals surface area contributed by atoms with Gasteiger partial charge in [0.15, 0.2) is 0 Å². The number of carbonyl (C=O) groups is 1. The van der Waals surface area contributed by atoms with Crippen LogP contribution in [0.2, 0.25) is 0 Å². The van der Waals surface area contributed by atoms with Crippen LogP contribution in [0.15, 0.2) is 23.9 Å². The van der Waals surface area contributed by atoms with E-state index in [1.165, 1.54) is 0 Å². The van der Waals surface area contributed by atoms with Gasteiger partial charge in [0.2, 0.25) is 0 Å². The van der Waals surface area contributed by atoms with Crippen LogP contribution in [-0.2, 0) is 0 Å². The molecule has 0 atom stereocenters. The fourth-order valence-electron chi connectivity index (χ4n) is 2.36. The number of nitrogens with two attached hydrogens (primary N) is 1. The van der Waals surface area contributed by atoms with Gasteiger partial charge >= 0.3 is 6.03 Å². The minimum Gasteiger partial charge on any atom is -0.351 e. The highest BCUT2D eigenvalue weighted by molar-refractivity contribution is 5.75. The van der Waals surface area contributed by atoms with Crippen molar-refractivity contribution in [1.29, 1.82) is 0 Å². The molecule has 0 saturated carbocycles. The van der Waals surface area contributed by atoms with E-state index in [0.717, 1.165) is 44.5 Å². The Labute approximate surface area is 96.2 Å². The molecule has 2 aliphatic rings. The fourth-order valence-corrected chi connectivity index (χ4v) is 2.36. The Morgan fingerprint density at radius 2 is 2.12 bits per heavy atom. The standard InChI is InChI=1S/C12H19N3O/c13-12(16)15(10-4-2-1-3-5-10)11-6-8-14-9-7-11/h2,4-5,11,14H,1,3,6-9H2,(H2,13,16). The normalized spacial score (nSPS) is 21.6. The van der Waals surface area contributed by atoms with E-state index in [2.05, 4.69) is 17.5 Å². The predicted molar refractivity (Wildman–Crippen MR) is 63.8 cm³/mol. The van der Waals surface area contributed by atoms with Gasteiger partial charge in [0.1, 0.15) is 0 Å². The quantitative estimate of drug-likeness (QED) is 0.739. The van der Waals surface area contributed by atoms with Crippen LogP contribution < -0.4 is 11.1 Å². The highest BCUT2D eigenvalue weighted by Crippen LogP contribution is 2.21. The summed E-state index contributed by atoms with van der Waals surface area (Å²) < 4.78 is 0. The molecule has 0 bridgehead atoms. The van der Waals surface area contributed by atoms with Gasteiger partial charge < -0.3 is 11.1 Å². The maximum absolute atomic E-state index is 11.6. The fraction of sp³-hybridized carbons (Fsp3) is 0.583. The topological polar surface area (TPSA) is 58.4 Å². The Hall–Kier alpha value is -1.29. The summed E-state index contributed by atoms with van der Waals surface area (Å²) in [7, 11) is 0. The molecular formula is C12H19N3O. The van der Waals surface area contributed by atoms with Gasteiger partial charge in [-0.2, -0.15) is 0 Å². The molecule has 2 amide bonds. The molecule has 1 fully saturated rings.